The van der Waals surface area contributed by atoms with E-state index in [-0.39, 0.29) is 110 Å². The molecule has 0 aliphatic rings. The molecular formula is C15H42Al2MgO2. The van der Waals surface area contributed by atoms with E-state index in [1.54, 1.807) is 14.2 Å². The number of hydrogen-bond donors (Lipinski definition) is 0. The molecule has 20 heavy (non-hydrogen) atoms. The van der Waals surface area contributed by atoms with Crippen LogP contribution in [0.25, 0.3) is 0 Å². The molecule has 0 N–H and O–H groups in total. The molecule has 0 unspecified atom stereocenters. The first-order valence-electron chi connectivity index (χ1n) is 4.22. The summed E-state index contributed by atoms with van der Waals surface area (Å²) in [5.74, 6) is 0. The van der Waals surface area contributed by atoms with Gasteiger partial charge in [0.05, 0.1) is 11.2 Å². The van der Waals surface area contributed by atoms with Crippen LogP contribution in [0.4, 0.5) is 0 Å². The molecule has 0 saturated carbocycles. The van der Waals surface area contributed by atoms with Crippen molar-refractivity contribution in [3.8, 4) is 0 Å². The standard InChI is InChI=1S/2C5H12O.5CH3.2Al.Mg.3H/c2*1-5(2,3)6-4;;;;;;;;;;;/h2*1-4H3;5*1H3;;;;;;/q;;5*-1;2*+3;+2;3*-1. The molecule has 2 nitrogen and oxygen atoms in total. The molecule has 0 amide bonds. The third-order valence-corrected chi connectivity index (χ3v) is 1.22. The second-order valence-electron chi connectivity index (χ2n) is 4.63. The van der Waals surface area contributed by atoms with E-state index in [2.05, 4.69) is 0 Å². The van der Waals surface area contributed by atoms with Crippen molar-refractivity contribution < 1.29 is 13.8 Å². The zero-order valence-corrected chi connectivity index (χ0v) is 20.4. The molecule has 0 aromatic heterocycles. The Hall–Kier alpha value is 1.75. The SMILES string of the molecule is COC(C)(C)C.COC(C)(C)C.[Al+3].[Al+3].[CH3-].[CH3-].[CH3-].[CH3-].[CH3-].[H-].[H-].[H-].[Mg+2]. The summed E-state index contributed by atoms with van der Waals surface area (Å²) in [5.41, 5.74) is 0.0833. The third kappa shape index (κ3) is 116. The third-order valence-electron chi connectivity index (χ3n) is 1.22. The average molecular weight is 333 g/mol. The monoisotopic (exact) mass is 332 g/mol. The molecule has 5 heteroatoms. The number of methoxy groups -OCH3 is 2. The van der Waals surface area contributed by atoms with E-state index in [4.69, 9.17) is 9.47 Å². The Labute approximate surface area is 175 Å². The smallest absolute Gasteiger partial charge is 1.00 e. The van der Waals surface area contributed by atoms with Crippen molar-refractivity contribution in [1.82, 2.24) is 0 Å². The molecule has 0 bridgehead atoms. The maximum Gasteiger partial charge on any atom is 3.00 e. The molecule has 0 fully saturated rings. The van der Waals surface area contributed by atoms with Crippen molar-refractivity contribution in [2.24, 2.45) is 0 Å². The Balaban J connectivity index is -0.00000000535. The minimum atomic E-state index is 0. The van der Waals surface area contributed by atoms with Gasteiger partial charge in [0.25, 0.3) is 0 Å². The molecule has 0 saturated heterocycles. The Morgan fingerprint density at radius 2 is 0.600 bits per heavy atom. The quantitative estimate of drug-likeness (QED) is 0.486. The number of ether oxygens (including phenoxy) is 2. The molecule has 122 valence electrons. The van der Waals surface area contributed by atoms with Crippen LogP contribution in [0.3, 0.4) is 0 Å². The van der Waals surface area contributed by atoms with Crippen molar-refractivity contribution in [3.63, 3.8) is 0 Å². The van der Waals surface area contributed by atoms with Crippen molar-refractivity contribution in [2.45, 2.75) is 52.7 Å². The van der Waals surface area contributed by atoms with Crippen LogP contribution in [0.2, 0.25) is 0 Å². The molecular weight excluding hydrogens is 290 g/mol. The van der Waals surface area contributed by atoms with E-state index < -0.39 is 0 Å². The average Bonchev–Trinajstić information content (AvgIpc) is 1.86. The van der Waals surface area contributed by atoms with Gasteiger partial charge in [-0.25, -0.2) is 0 Å². The second kappa shape index (κ2) is 32.6. The molecule has 0 rings (SSSR count). The zero-order chi connectivity index (χ0) is 10.4. The fraction of sp³-hybridized carbons (Fsp3) is 0.667. The van der Waals surface area contributed by atoms with E-state index in [1.807, 2.05) is 41.5 Å². The van der Waals surface area contributed by atoms with E-state index in [1.165, 1.54) is 0 Å². The van der Waals surface area contributed by atoms with Gasteiger partial charge in [0.1, 0.15) is 0 Å². The summed E-state index contributed by atoms with van der Waals surface area (Å²) in [7, 11) is 3.42. The van der Waals surface area contributed by atoms with Gasteiger partial charge in [0.15, 0.2) is 0 Å². The summed E-state index contributed by atoms with van der Waals surface area (Å²) in [4.78, 5) is 0. The Kier molecular flexibility index (Phi) is 111. The molecule has 0 aliphatic heterocycles. The Morgan fingerprint density at radius 1 is 0.550 bits per heavy atom. The summed E-state index contributed by atoms with van der Waals surface area (Å²) >= 11 is 0. The van der Waals surface area contributed by atoms with Crippen LogP contribution in [0, 0.1) is 37.1 Å². The van der Waals surface area contributed by atoms with E-state index in [0.717, 1.165) is 0 Å². The molecule has 0 radical (unpaired) electrons. The first kappa shape index (κ1) is 67.8. The summed E-state index contributed by atoms with van der Waals surface area (Å²) in [6, 6.07) is 0. The number of rotatable bonds is 0. The maximum absolute atomic E-state index is 4.94. The maximum atomic E-state index is 4.94. The number of hydrogen-bond acceptors (Lipinski definition) is 2. The van der Waals surface area contributed by atoms with Gasteiger partial charge in [-0.2, -0.15) is 0 Å². The van der Waals surface area contributed by atoms with Crippen LogP contribution in [0.1, 0.15) is 45.8 Å². The van der Waals surface area contributed by atoms with Crippen LogP contribution < -0.4 is 0 Å². The fourth-order valence-electron chi connectivity index (χ4n) is 0. The van der Waals surface area contributed by atoms with Crippen LogP contribution in [0.15, 0.2) is 0 Å². The van der Waals surface area contributed by atoms with Crippen LogP contribution in [-0.2, 0) is 9.47 Å². The minimum Gasteiger partial charge on any atom is -1.00 e. The summed E-state index contributed by atoms with van der Waals surface area (Å²) in [6.07, 6.45) is 0. The summed E-state index contributed by atoms with van der Waals surface area (Å²) < 4.78 is 9.88. The predicted octanol–water partition coefficient (Wildman–Crippen LogP) is 4.31. The largest absolute Gasteiger partial charge is 3.00 e. The van der Waals surface area contributed by atoms with Gasteiger partial charge < -0.3 is 50.9 Å². The van der Waals surface area contributed by atoms with E-state index in [0.29, 0.717) is 0 Å². The van der Waals surface area contributed by atoms with Gasteiger partial charge in [-0.15, -0.1) is 0 Å². The molecule has 0 atom stereocenters. The van der Waals surface area contributed by atoms with Crippen molar-refractivity contribution >= 4 is 57.8 Å². The summed E-state index contributed by atoms with van der Waals surface area (Å²) in [6.45, 7) is 12.1. The van der Waals surface area contributed by atoms with Crippen LogP contribution >= 0.6 is 0 Å². The molecule has 0 aliphatic carbocycles. The zero-order valence-electron chi connectivity index (χ0n) is 19.7. The Bertz CT molecular complexity index is 110. The molecule has 0 heterocycles. The molecule has 0 spiro atoms. The van der Waals surface area contributed by atoms with Gasteiger partial charge in [0, 0.05) is 14.2 Å². The van der Waals surface area contributed by atoms with Crippen LogP contribution in [0.5, 0.6) is 0 Å². The van der Waals surface area contributed by atoms with Gasteiger partial charge in [-0.3, -0.25) is 0 Å². The fourth-order valence-corrected chi connectivity index (χ4v) is 0. The Morgan fingerprint density at radius 3 is 0.600 bits per heavy atom. The van der Waals surface area contributed by atoms with Gasteiger partial charge in [0.2, 0.25) is 0 Å². The van der Waals surface area contributed by atoms with Crippen LogP contribution in [-0.4, -0.2) is 83.2 Å². The van der Waals surface area contributed by atoms with Gasteiger partial charge >= 0.3 is 57.8 Å². The molecule has 0 aromatic carbocycles. The summed E-state index contributed by atoms with van der Waals surface area (Å²) in [5, 5.41) is 0. The minimum absolute atomic E-state index is 0. The molecule has 0 aromatic rings. The van der Waals surface area contributed by atoms with Crippen molar-refractivity contribution in [2.75, 3.05) is 14.2 Å². The van der Waals surface area contributed by atoms with Gasteiger partial charge in [-0.1, -0.05) is 0 Å². The predicted molar refractivity (Wildman–Crippen MR) is 106 cm³/mol. The first-order valence-corrected chi connectivity index (χ1v) is 4.22. The van der Waals surface area contributed by atoms with Crippen molar-refractivity contribution in [1.29, 1.82) is 0 Å². The van der Waals surface area contributed by atoms with Crippen molar-refractivity contribution in [3.05, 3.63) is 37.1 Å². The normalized spacial score (nSPS) is 7.20. The second-order valence-corrected chi connectivity index (χ2v) is 4.63. The van der Waals surface area contributed by atoms with E-state index in [9.17, 15) is 0 Å². The van der Waals surface area contributed by atoms with Gasteiger partial charge in [-0.05, 0) is 41.5 Å². The first-order chi connectivity index (χ1) is 5.12. The van der Waals surface area contributed by atoms with E-state index >= 15 is 0 Å². The topological polar surface area (TPSA) is 18.5 Å².